The predicted molar refractivity (Wildman–Crippen MR) is 138 cm³/mol. The highest BCUT2D eigenvalue weighted by Gasteiger charge is 2.28. The van der Waals surface area contributed by atoms with E-state index in [2.05, 4.69) is 56.4 Å². The summed E-state index contributed by atoms with van der Waals surface area (Å²) < 4.78 is 0. The van der Waals surface area contributed by atoms with Crippen LogP contribution in [0.2, 0.25) is 0 Å². The summed E-state index contributed by atoms with van der Waals surface area (Å²) in [5.41, 5.74) is 5.95. The summed E-state index contributed by atoms with van der Waals surface area (Å²) >= 11 is 1.62. The van der Waals surface area contributed by atoms with Crippen molar-refractivity contribution in [3.8, 4) is 0 Å². The summed E-state index contributed by atoms with van der Waals surface area (Å²) in [4.78, 5) is 28.1. The summed E-state index contributed by atoms with van der Waals surface area (Å²) in [6.45, 7) is 8.56. The van der Waals surface area contributed by atoms with Gasteiger partial charge in [0.2, 0.25) is 11.8 Å². The fourth-order valence-corrected chi connectivity index (χ4v) is 5.38. The lowest BCUT2D eigenvalue weighted by atomic mass is 9.95. The van der Waals surface area contributed by atoms with Crippen LogP contribution < -0.4 is 5.32 Å². The number of nitrogens with zero attached hydrogens (tertiary/aromatic N) is 1. The second-order valence-corrected chi connectivity index (χ2v) is 10.5. The number of thioether (sulfide) groups is 1. The van der Waals surface area contributed by atoms with Gasteiger partial charge in [-0.2, -0.15) is 0 Å². The van der Waals surface area contributed by atoms with Crippen LogP contribution in [-0.2, 0) is 21.9 Å². The number of amides is 2. The summed E-state index contributed by atoms with van der Waals surface area (Å²) in [6, 6.07) is 14.5. The van der Waals surface area contributed by atoms with Gasteiger partial charge in [0.1, 0.15) is 6.04 Å². The average Bonchev–Trinajstić information content (AvgIpc) is 2.78. The second kappa shape index (κ2) is 12.3. The zero-order valence-electron chi connectivity index (χ0n) is 20.5. The van der Waals surface area contributed by atoms with E-state index in [0.29, 0.717) is 12.3 Å². The van der Waals surface area contributed by atoms with E-state index < -0.39 is 6.04 Å². The maximum absolute atomic E-state index is 13.3. The van der Waals surface area contributed by atoms with Crippen LogP contribution in [0.5, 0.6) is 0 Å². The van der Waals surface area contributed by atoms with Crippen LogP contribution in [0.25, 0.3) is 0 Å². The molecule has 33 heavy (non-hydrogen) atoms. The SMILES string of the molecule is Cc1ccc(CN(C(=O)CSCc2cc(C)cc(C)c2)[C@@H](C)C(=O)NC2CCCCC2)cc1. The molecule has 0 aliphatic heterocycles. The molecule has 1 saturated carbocycles. The Morgan fingerprint density at radius 1 is 0.939 bits per heavy atom. The summed E-state index contributed by atoms with van der Waals surface area (Å²) in [6.07, 6.45) is 5.66. The molecule has 0 aromatic heterocycles. The van der Waals surface area contributed by atoms with Crippen molar-refractivity contribution >= 4 is 23.6 Å². The van der Waals surface area contributed by atoms with Gasteiger partial charge in [0.25, 0.3) is 0 Å². The van der Waals surface area contributed by atoms with Gasteiger partial charge in [0.15, 0.2) is 0 Å². The van der Waals surface area contributed by atoms with E-state index in [9.17, 15) is 9.59 Å². The van der Waals surface area contributed by atoms with Gasteiger partial charge in [0.05, 0.1) is 5.75 Å². The first-order valence-corrected chi connectivity index (χ1v) is 13.3. The number of rotatable bonds is 9. The zero-order valence-corrected chi connectivity index (χ0v) is 21.3. The smallest absolute Gasteiger partial charge is 0.242 e. The van der Waals surface area contributed by atoms with Crippen LogP contribution in [0.4, 0.5) is 0 Å². The first-order valence-electron chi connectivity index (χ1n) is 12.1. The van der Waals surface area contributed by atoms with Crippen LogP contribution in [0, 0.1) is 20.8 Å². The number of nitrogens with one attached hydrogen (secondary N) is 1. The molecule has 1 atom stereocenters. The third-order valence-electron chi connectivity index (χ3n) is 6.37. The second-order valence-electron chi connectivity index (χ2n) is 9.52. The number of benzene rings is 2. The third-order valence-corrected chi connectivity index (χ3v) is 7.36. The Kier molecular flexibility index (Phi) is 9.42. The van der Waals surface area contributed by atoms with Crippen molar-refractivity contribution < 1.29 is 9.59 Å². The Morgan fingerprint density at radius 2 is 1.58 bits per heavy atom. The predicted octanol–water partition coefficient (Wildman–Crippen LogP) is 5.71. The largest absolute Gasteiger partial charge is 0.352 e. The highest BCUT2D eigenvalue weighted by molar-refractivity contribution is 7.99. The Bertz CT molecular complexity index is 915. The highest BCUT2D eigenvalue weighted by Crippen LogP contribution is 2.20. The minimum Gasteiger partial charge on any atom is -0.352 e. The molecule has 1 aliphatic carbocycles. The molecule has 0 saturated heterocycles. The molecular formula is C28H38N2O2S. The molecule has 0 radical (unpaired) electrons. The molecule has 2 amide bonds. The standard InChI is InChI=1S/C28H38N2O2S/c1-20-10-12-24(13-11-20)17-30(23(4)28(32)29-26-8-6-5-7-9-26)27(31)19-33-18-25-15-21(2)14-22(3)16-25/h10-16,23,26H,5-9,17-19H2,1-4H3,(H,29,32)/t23-/m0/s1. The van der Waals surface area contributed by atoms with Crippen molar-refractivity contribution in [3.05, 3.63) is 70.3 Å². The van der Waals surface area contributed by atoms with E-state index in [1.54, 1.807) is 16.7 Å². The van der Waals surface area contributed by atoms with E-state index in [1.807, 2.05) is 19.1 Å². The van der Waals surface area contributed by atoms with E-state index in [-0.39, 0.29) is 17.9 Å². The molecule has 5 heteroatoms. The summed E-state index contributed by atoms with van der Waals surface area (Å²) in [5, 5.41) is 3.20. The van der Waals surface area contributed by atoms with E-state index in [4.69, 9.17) is 0 Å². The Morgan fingerprint density at radius 3 is 2.21 bits per heavy atom. The lowest BCUT2D eigenvalue weighted by molar-refractivity contribution is -0.139. The molecule has 2 aromatic carbocycles. The van der Waals surface area contributed by atoms with Crippen molar-refractivity contribution in [3.63, 3.8) is 0 Å². The van der Waals surface area contributed by atoms with E-state index in [1.165, 1.54) is 41.5 Å². The minimum absolute atomic E-state index is 0.0104. The quantitative estimate of drug-likeness (QED) is 0.515. The molecule has 0 spiro atoms. The number of aryl methyl sites for hydroxylation is 3. The fraction of sp³-hybridized carbons (Fsp3) is 0.500. The Balaban J connectivity index is 1.65. The van der Waals surface area contributed by atoms with Crippen LogP contribution in [-0.4, -0.2) is 34.6 Å². The van der Waals surface area contributed by atoms with Gasteiger partial charge >= 0.3 is 0 Å². The number of carbonyl (C=O) groups is 2. The van der Waals surface area contributed by atoms with Gasteiger partial charge in [-0.25, -0.2) is 0 Å². The van der Waals surface area contributed by atoms with Crippen molar-refractivity contribution in [1.29, 1.82) is 0 Å². The number of hydrogen-bond acceptors (Lipinski definition) is 3. The van der Waals surface area contributed by atoms with Crippen LogP contribution in [0.15, 0.2) is 42.5 Å². The maximum atomic E-state index is 13.3. The van der Waals surface area contributed by atoms with Crippen LogP contribution in [0.3, 0.4) is 0 Å². The molecular weight excluding hydrogens is 428 g/mol. The van der Waals surface area contributed by atoms with Gasteiger partial charge in [-0.1, -0.05) is 78.4 Å². The molecule has 0 bridgehead atoms. The first kappa shape index (κ1) is 25.4. The van der Waals surface area contributed by atoms with Crippen molar-refractivity contribution in [2.45, 2.75) is 84.2 Å². The van der Waals surface area contributed by atoms with Gasteiger partial charge in [0, 0.05) is 18.3 Å². The molecule has 2 aromatic rings. The van der Waals surface area contributed by atoms with Gasteiger partial charge in [-0.05, 0) is 51.7 Å². The monoisotopic (exact) mass is 466 g/mol. The maximum Gasteiger partial charge on any atom is 0.242 e. The van der Waals surface area contributed by atoms with Gasteiger partial charge in [-0.3, -0.25) is 9.59 Å². The Hall–Kier alpha value is -2.27. The zero-order chi connectivity index (χ0) is 23.8. The van der Waals surface area contributed by atoms with Crippen molar-refractivity contribution in [2.75, 3.05) is 5.75 Å². The minimum atomic E-state index is -0.498. The molecule has 178 valence electrons. The van der Waals surface area contributed by atoms with Crippen LogP contribution >= 0.6 is 11.8 Å². The molecule has 3 rings (SSSR count). The summed E-state index contributed by atoms with van der Waals surface area (Å²) in [5.74, 6) is 1.12. The highest BCUT2D eigenvalue weighted by atomic mass is 32.2. The first-order chi connectivity index (χ1) is 15.8. The molecule has 0 unspecified atom stereocenters. The molecule has 1 aliphatic rings. The lowest BCUT2D eigenvalue weighted by Gasteiger charge is -2.31. The van der Waals surface area contributed by atoms with Crippen molar-refractivity contribution in [2.24, 2.45) is 0 Å². The topological polar surface area (TPSA) is 49.4 Å². The summed E-state index contributed by atoms with van der Waals surface area (Å²) in [7, 11) is 0. The number of carbonyl (C=O) groups excluding carboxylic acids is 2. The van der Waals surface area contributed by atoms with Gasteiger partial charge in [-0.15, -0.1) is 11.8 Å². The number of hydrogen-bond donors (Lipinski definition) is 1. The van der Waals surface area contributed by atoms with Crippen LogP contribution in [0.1, 0.15) is 66.8 Å². The third kappa shape index (κ3) is 7.92. The Labute approximate surface area is 203 Å². The van der Waals surface area contributed by atoms with E-state index >= 15 is 0 Å². The molecule has 1 N–H and O–H groups in total. The fourth-order valence-electron chi connectivity index (χ4n) is 4.53. The molecule has 0 heterocycles. The molecule has 1 fully saturated rings. The normalized spacial score (nSPS) is 15.2. The van der Waals surface area contributed by atoms with Crippen molar-refractivity contribution in [1.82, 2.24) is 10.2 Å². The van der Waals surface area contributed by atoms with Gasteiger partial charge < -0.3 is 10.2 Å². The lowest BCUT2D eigenvalue weighted by Crippen LogP contribution is -2.50. The molecule has 4 nitrogen and oxygen atoms in total. The average molecular weight is 467 g/mol. The van der Waals surface area contributed by atoms with E-state index in [0.717, 1.165) is 24.2 Å².